The molecule has 0 spiro atoms. The summed E-state index contributed by atoms with van der Waals surface area (Å²) in [4.78, 5) is 13.2. The Morgan fingerprint density at radius 1 is 1.26 bits per heavy atom. The predicted octanol–water partition coefficient (Wildman–Crippen LogP) is 3.58. The van der Waals surface area contributed by atoms with Crippen LogP contribution in [0.2, 0.25) is 0 Å². The van der Waals surface area contributed by atoms with E-state index in [2.05, 4.69) is 5.32 Å². The van der Waals surface area contributed by atoms with E-state index in [-0.39, 0.29) is 11.9 Å². The molecule has 0 fully saturated rings. The summed E-state index contributed by atoms with van der Waals surface area (Å²) in [5.41, 5.74) is 1.70. The molecule has 7 nitrogen and oxygen atoms in total. The largest absolute Gasteiger partial charge is 0.497 e. The van der Waals surface area contributed by atoms with Gasteiger partial charge in [-0.15, -0.1) is 0 Å². The Hall–Kier alpha value is -2.74. The molecule has 2 aromatic carbocycles. The van der Waals surface area contributed by atoms with Gasteiger partial charge in [-0.25, -0.2) is 8.42 Å². The van der Waals surface area contributed by atoms with Crippen molar-refractivity contribution in [3.05, 3.63) is 53.6 Å². The van der Waals surface area contributed by atoms with E-state index < -0.39 is 21.7 Å². The number of hydrogen-bond donors (Lipinski definition) is 1. The van der Waals surface area contributed by atoms with Crippen LogP contribution in [0.25, 0.3) is 0 Å². The lowest BCUT2D eigenvalue weighted by Gasteiger charge is -2.39. The molecular formula is C23H30N2O5S. The van der Waals surface area contributed by atoms with Crippen molar-refractivity contribution in [2.45, 2.75) is 51.8 Å². The van der Waals surface area contributed by atoms with Crippen molar-refractivity contribution in [3.8, 4) is 11.5 Å². The summed E-state index contributed by atoms with van der Waals surface area (Å²) < 4.78 is 37.7. The van der Waals surface area contributed by atoms with Gasteiger partial charge in [0.15, 0.2) is 0 Å². The molecule has 31 heavy (non-hydrogen) atoms. The van der Waals surface area contributed by atoms with Gasteiger partial charge in [-0.05, 0) is 57.5 Å². The fourth-order valence-electron chi connectivity index (χ4n) is 3.95. The average molecular weight is 447 g/mol. The number of fused-ring (bicyclic) bond motifs is 1. The van der Waals surface area contributed by atoms with E-state index in [4.69, 9.17) is 9.47 Å². The maximum Gasteiger partial charge on any atom is 0.244 e. The molecule has 3 rings (SSSR count). The maximum absolute atomic E-state index is 13.2. The number of carbonyl (C=O) groups is 1. The van der Waals surface area contributed by atoms with Crippen molar-refractivity contribution in [1.82, 2.24) is 5.32 Å². The molecule has 1 aliphatic rings. The summed E-state index contributed by atoms with van der Waals surface area (Å²) >= 11 is 0. The van der Waals surface area contributed by atoms with Gasteiger partial charge in [-0.2, -0.15) is 0 Å². The molecule has 1 amide bonds. The molecule has 168 valence electrons. The SMILES string of the molecule is COc1ccc2c(c1)OC(C)(C)C[C@H]2NC(=O)[C@H](C)N(c1cccc(C)c1)S(C)(=O)=O. The fourth-order valence-corrected chi connectivity index (χ4v) is 5.12. The number of anilines is 1. The van der Waals surface area contributed by atoms with Crippen LogP contribution in [-0.4, -0.2) is 39.3 Å². The molecule has 0 saturated heterocycles. The number of carbonyl (C=O) groups excluding carboxylic acids is 1. The first kappa shape index (κ1) is 22.9. The maximum atomic E-state index is 13.2. The Morgan fingerprint density at radius 2 is 1.97 bits per heavy atom. The van der Waals surface area contributed by atoms with E-state index in [1.807, 2.05) is 39.0 Å². The Bertz CT molecular complexity index is 1080. The quantitative estimate of drug-likeness (QED) is 0.733. The van der Waals surface area contributed by atoms with Crippen LogP contribution in [0.5, 0.6) is 11.5 Å². The molecule has 8 heteroatoms. The van der Waals surface area contributed by atoms with Gasteiger partial charge < -0.3 is 14.8 Å². The molecule has 1 heterocycles. The molecule has 0 bridgehead atoms. The van der Waals surface area contributed by atoms with Crippen LogP contribution in [0.1, 0.15) is 44.4 Å². The molecule has 0 aliphatic carbocycles. The monoisotopic (exact) mass is 446 g/mol. The third-order valence-corrected chi connectivity index (χ3v) is 6.58. The molecular weight excluding hydrogens is 416 g/mol. The van der Waals surface area contributed by atoms with Crippen LogP contribution in [0, 0.1) is 6.92 Å². The van der Waals surface area contributed by atoms with Crippen molar-refractivity contribution >= 4 is 21.6 Å². The number of sulfonamides is 1. The number of benzene rings is 2. The van der Waals surface area contributed by atoms with Gasteiger partial charge in [-0.1, -0.05) is 12.1 Å². The number of ether oxygens (including phenoxy) is 2. The molecule has 0 unspecified atom stereocenters. The minimum atomic E-state index is -3.68. The van der Waals surface area contributed by atoms with Crippen LogP contribution in [-0.2, 0) is 14.8 Å². The Kier molecular flexibility index (Phi) is 6.23. The Morgan fingerprint density at radius 3 is 2.58 bits per heavy atom. The topological polar surface area (TPSA) is 84.9 Å². The van der Waals surface area contributed by atoms with E-state index in [0.717, 1.165) is 21.7 Å². The third kappa shape index (κ3) is 5.12. The van der Waals surface area contributed by atoms with Gasteiger partial charge >= 0.3 is 0 Å². The second-order valence-corrected chi connectivity index (χ2v) is 10.5. The zero-order valence-electron chi connectivity index (χ0n) is 18.8. The lowest BCUT2D eigenvalue weighted by molar-refractivity contribution is -0.123. The van der Waals surface area contributed by atoms with Gasteiger partial charge in [0.1, 0.15) is 23.1 Å². The van der Waals surface area contributed by atoms with Gasteiger partial charge in [0, 0.05) is 18.1 Å². The van der Waals surface area contributed by atoms with Crippen molar-refractivity contribution in [2.75, 3.05) is 17.7 Å². The number of nitrogens with zero attached hydrogens (tertiary/aromatic N) is 1. The fraction of sp³-hybridized carbons (Fsp3) is 0.435. The second kappa shape index (κ2) is 8.42. The van der Waals surface area contributed by atoms with E-state index in [1.165, 1.54) is 0 Å². The zero-order chi connectivity index (χ0) is 23.0. The number of hydrogen-bond acceptors (Lipinski definition) is 5. The van der Waals surface area contributed by atoms with E-state index >= 15 is 0 Å². The highest BCUT2D eigenvalue weighted by molar-refractivity contribution is 7.92. The minimum absolute atomic E-state index is 0.321. The summed E-state index contributed by atoms with van der Waals surface area (Å²) in [5, 5.41) is 3.04. The van der Waals surface area contributed by atoms with E-state index in [0.29, 0.717) is 23.6 Å². The third-order valence-electron chi connectivity index (χ3n) is 5.34. The van der Waals surface area contributed by atoms with Gasteiger partial charge in [0.25, 0.3) is 0 Å². The van der Waals surface area contributed by atoms with E-state index in [1.54, 1.807) is 38.3 Å². The molecule has 2 atom stereocenters. The van der Waals surface area contributed by atoms with Crippen molar-refractivity contribution in [3.63, 3.8) is 0 Å². The summed E-state index contributed by atoms with van der Waals surface area (Å²) in [5.74, 6) is 0.932. The summed E-state index contributed by atoms with van der Waals surface area (Å²) in [6.45, 7) is 7.38. The molecule has 0 aromatic heterocycles. The van der Waals surface area contributed by atoms with E-state index in [9.17, 15) is 13.2 Å². The zero-order valence-corrected chi connectivity index (χ0v) is 19.6. The summed E-state index contributed by atoms with van der Waals surface area (Å²) in [6, 6.07) is 11.3. The second-order valence-electron chi connectivity index (χ2n) is 8.60. The Balaban J connectivity index is 1.91. The number of nitrogens with one attached hydrogen (secondary N) is 1. The molecule has 1 N–H and O–H groups in total. The first-order chi connectivity index (χ1) is 14.4. The standard InChI is InChI=1S/C23H30N2O5S/c1-15-8-7-9-17(12-15)25(31(6,27)28)16(2)22(26)24-20-14-23(3,4)30-21-13-18(29-5)10-11-19(20)21/h7-13,16,20H,14H2,1-6H3,(H,24,26)/t16-,20+/m0/s1. The average Bonchev–Trinajstić information content (AvgIpc) is 2.65. The van der Waals surface area contributed by atoms with Crippen LogP contribution < -0.4 is 19.1 Å². The number of methoxy groups -OCH3 is 1. The lowest BCUT2D eigenvalue weighted by Crippen LogP contribution is -2.50. The Labute approximate surface area is 184 Å². The number of rotatable bonds is 6. The van der Waals surface area contributed by atoms with Crippen molar-refractivity contribution in [1.29, 1.82) is 0 Å². The van der Waals surface area contributed by atoms with Gasteiger partial charge in [-0.3, -0.25) is 9.10 Å². The summed E-state index contributed by atoms with van der Waals surface area (Å²) in [7, 11) is -2.10. The molecule has 0 radical (unpaired) electrons. The first-order valence-corrected chi connectivity index (χ1v) is 12.0. The minimum Gasteiger partial charge on any atom is -0.497 e. The van der Waals surface area contributed by atoms with Crippen LogP contribution in [0.15, 0.2) is 42.5 Å². The lowest BCUT2D eigenvalue weighted by atomic mass is 9.89. The highest BCUT2D eigenvalue weighted by atomic mass is 32.2. The van der Waals surface area contributed by atoms with Crippen molar-refractivity contribution < 1.29 is 22.7 Å². The molecule has 2 aromatic rings. The van der Waals surface area contributed by atoms with Gasteiger partial charge in [0.2, 0.25) is 15.9 Å². The van der Waals surface area contributed by atoms with Crippen LogP contribution >= 0.6 is 0 Å². The number of aryl methyl sites for hydroxylation is 1. The molecule has 1 aliphatic heterocycles. The highest BCUT2D eigenvalue weighted by Gasteiger charge is 2.37. The summed E-state index contributed by atoms with van der Waals surface area (Å²) in [6.07, 6.45) is 1.66. The van der Waals surface area contributed by atoms with Crippen LogP contribution in [0.4, 0.5) is 5.69 Å². The highest BCUT2D eigenvalue weighted by Crippen LogP contribution is 2.41. The molecule has 0 saturated carbocycles. The predicted molar refractivity (Wildman–Crippen MR) is 121 cm³/mol. The number of amides is 1. The first-order valence-electron chi connectivity index (χ1n) is 10.1. The van der Waals surface area contributed by atoms with Crippen LogP contribution in [0.3, 0.4) is 0 Å². The van der Waals surface area contributed by atoms with Gasteiger partial charge in [0.05, 0.1) is 25.1 Å². The normalized spacial score (nSPS) is 18.3. The smallest absolute Gasteiger partial charge is 0.244 e. The van der Waals surface area contributed by atoms with Crippen molar-refractivity contribution in [2.24, 2.45) is 0 Å².